The Morgan fingerprint density at radius 3 is 2.73 bits per heavy atom. The van der Waals surface area contributed by atoms with E-state index in [1.54, 1.807) is 4.72 Å². The van der Waals surface area contributed by atoms with Crippen molar-refractivity contribution in [2.75, 3.05) is 0 Å². The van der Waals surface area contributed by atoms with E-state index in [1.165, 1.54) is 18.3 Å². The van der Waals surface area contributed by atoms with Crippen LogP contribution in [0.2, 0.25) is 0 Å². The molecule has 0 fully saturated rings. The molecule has 80 valence electrons. The Morgan fingerprint density at radius 2 is 2.20 bits per heavy atom. The smallest absolute Gasteiger partial charge is 0.268 e. The Kier molecular flexibility index (Phi) is 3.47. The fourth-order valence-corrected chi connectivity index (χ4v) is 1.19. The van der Waals surface area contributed by atoms with Gasteiger partial charge < -0.3 is 5.73 Å². The van der Waals surface area contributed by atoms with E-state index < -0.39 is 23.1 Å². The van der Waals surface area contributed by atoms with E-state index in [0.29, 0.717) is 0 Å². The summed E-state index contributed by atoms with van der Waals surface area (Å²) in [7, 11) is 0. The third-order valence-corrected chi connectivity index (χ3v) is 1.83. The van der Waals surface area contributed by atoms with Gasteiger partial charge in [-0.05, 0) is 12.1 Å². The van der Waals surface area contributed by atoms with E-state index in [-0.39, 0.29) is 11.3 Å². The number of rotatable bonds is 3. The molecule has 0 aromatic carbocycles. The SMILES string of the molecule is NC(=O)c1ncccc1C(=O)NS(=O)O. The summed E-state index contributed by atoms with van der Waals surface area (Å²) < 4.78 is 20.4. The van der Waals surface area contributed by atoms with Crippen molar-refractivity contribution in [3.8, 4) is 0 Å². The van der Waals surface area contributed by atoms with Crippen LogP contribution in [0.15, 0.2) is 18.3 Å². The summed E-state index contributed by atoms with van der Waals surface area (Å²) in [6.07, 6.45) is 1.28. The van der Waals surface area contributed by atoms with Gasteiger partial charge in [0.15, 0.2) is 0 Å². The number of nitrogens with zero attached hydrogens (tertiary/aromatic N) is 1. The second-order valence-corrected chi connectivity index (χ2v) is 3.15. The zero-order valence-corrected chi connectivity index (χ0v) is 8.15. The van der Waals surface area contributed by atoms with Gasteiger partial charge >= 0.3 is 0 Å². The van der Waals surface area contributed by atoms with Crippen LogP contribution in [0.3, 0.4) is 0 Å². The third kappa shape index (κ3) is 2.82. The van der Waals surface area contributed by atoms with Crippen LogP contribution in [-0.2, 0) is 11.3 Å². The van der Waals surface area contributed by atoms with Crippen LogP contribution in [0, 0.1) is 0 Å². The van der Waals surface area contributed by atoms with Crippen LogP contribution < -0.4 is 10.5 Å². The van der Waals surface area contributed by atoms with Crippen molar-refractivity contribution in [3.63, 3.8) is 0 Å². The second kappa shape index (κ2) is 4.62. The van der Waals surface area contributed by atoms with Gasteiger partial charge in [-0.25, -0.2) is 8.93 Å². The summed E-state index contributed by atoms with van der Waals surface area (Å²) in [6.45, 7) is 0. The highest BCUT2D eigenvalue weighted by atomic mass is 32.2. The van der Waals surface area contributed by atoms with Gasteiger partial charge in [0.25, 0.3) is 23.1 Å². The molecule has 0 saturated carbocycles. The maximum absolute atomic E-state index is 11.3. The van der Waals surface area contributed by atoms with Crippen LogP contribution in [0.1, 0.15) is 20.8 Å². The van der Waals surface area contributed by atoms with Crippen LogP contribution >= 0.6 is 0 Å². The molecule has 1 rings (SSSR count). The quantitative estimate of drug-likeness (QED) is 0.576. The lowest BCUT2D eigenvalue weighted by atomic mass is 10.2. The fraction of sp³-hybridized carbons (Fsp3) is 0. The van der Waals surface area contributed by atoms with Gasteiger partial charge in [-0.2, -0.15) is 0 Å². The third-order valence-electron chi connectivity index (χ3n) is 1.47. The number of amides is 2. The molecule has 0 aliphatic carbocycles. The Morgan fingerprint density at radius 1 is 1.53 bits per heavy atom. The highest BCUT2D eigenvalue weighted by molar-refractivity contribution is 7.77. The molecule has 0 aliphatic heterocycles. The lowest BCUT2D eigenvalue weighted by Crippen LogP contribution is -2.28. The first-order valence-corrected chi connectivity index (χ1v) is 4.79. The minimum absolute atomic E-state index is 0.146. The Hall–Kier alpha value is -1.80. The second-order valence-electron chi connectivity index (χ2n) is 2.44. The van der Waals surface area contributed by atoms with Gasteiger partial charge in [0.1, 0.15) is 5.69 Å². The molecule has 1 unspecified atom stereocenters. The van der Waals surface area contributed by atoms with E-state index in [1.807, 2.05) is 0 Å². The fourth-order valence-electron chi connectivity index (χ4n) is 0.919. The van der Waals surface area contributed by atoms with Crippen molar-refractivity contribution >= 4 is 23.1 Å². The Bertz CT molecular complexity index is 434. The van der Waals surface area contributed by atoms with Gasteiger partial charge in [-0.3, -0.25) is 19.1 Å². The summed E-state index contributed by atoms with van der Waals surface area (Å²) in [5, 5.41) is 0. The number of nitrogens with one attached hydrogen (secondary N) is 1. The number of aromatic nitrogens is 1. The molecule has 0 aliphatic rings. The first-order chi connectivity index (χ1) is 7.02. The minimum atomic E-state index is -2.50. The average molecular weight is 229 g/mol. The molecule has 0 saturated heterocycles. The summed E-state index contributed by atoms with van der Waals surface area (Å²) >= 11 is -2.50. The van der Waals surface area contributed by atoms with Gasteiger partial charge in [0, 0.05) is 6.20 Å². The number of primary amides is 1. The zero-order valence-electron chi connectivity index (χ0n) is 7.34. The molecule has 15 heavy (non-hydrogen) atoms. The summed E-state index contributed by atoms with van der Waals surface area (Å²) in [6, 6.07) is 2.68. The number of carbonyl (C=O) groups is 2. The molecule has 0 spiro atoms. The lowest BCUT2D eigenvalue weighted by molar-refractivity contribution is 0.0952. The summed E-state index contributed by atoms with van der Waals surface area (Å²) in [4.78, 5) is 25.7. The van der Waals surface area contributed by atoms with E-state index in [2.05, 4.69) is 4.98 Å². The number of hydrogen-bond donors (Lipinski definition) is 3. The average Bonchev–Trinajstić information content (AvgIpc) is 2.16. The van der Waals surface area contributed by atoms with Crippen LogP contribution in [0.4, 0.5) is 0 Å². The summed E-state index contributed by atoms with van der Waals surface area (Å²) in [5.74, 6) is -1.78. The molecule has 7 nitrogen and oxygen atoms in total. The van der Waals surface area contributed by atoms with Crippen LogP contribution in [0.5, 0.6) is 0 Å². The molecule has 1 atom stereocenters. The van der Waals surface area contributed by atoms with E-state index in [4.69, 9.17) is 10.3 Å². The molecule has 8 heteroatoms. The Labute approximate surface area is 87.1 Å². The van der Waals surface area contributed by atoms with Crippen molar-refractivity contribution in [1.82, 2.24) is 9.71 Å². The molecule has 2 amide bonds. The normalized spacial score (nSPS) is 11.8. The van der Waals surface area contributed by atoms with Gasteiger partial charge in [0.05, 0.1) is 5.56 Å². The maximum atomic E-state index is 11.3. The number of pyridine rings is 1. The van der Waals surface area contributed by atoms with E-state index in [9.17, 15) is 13.8 Å². The minimum Gasteiger partial charge on any atom is -0.364 e. The maximum Gasteiger partial charge on any atom is 0.268 e. The van der Waals surface area contributed by atoms with Crippen molar-refractivity contribution in [2.45, 2.75) is 0 Å². The molecule has 4 N–H and O–H groups in total. The molecule has 0 radical (unpaired) electrons. The first kappa shape index (κ1) is 11.3. The van der Waals surface area contributed by atoms with Gasteiger partial charge in [-0.1, -0.05) is 0 Å². The molecule has 1 aromatic heterocycles. The highest BCUT2D eigenvalue weighted by Gasteiger charge is 2.16. The number of nitrogens with two attached hydrogens (primary N) is 1. The molecular weight excluding hydrogens is 222 g/mol. The molecule has 1 aromatic rings. The molecule has 0 bridgehead atoms. The van der Waals surface area contributed by atoms with E-state index in [0.717, 1.165) is 0 Å². The monoisotopic (exact) mass is 229 g/mol. The van der Waals surface area contributed by atoms with Crippen LogP contribution in [0.25, 0.3) is 0 Å². The molecular formula is C7H7N3O4S. The topological polar surface area (TPSA) is 122 Å². The van der Waals surface area contributed by atoms with E-state index >= 15 is 0 Å². The highest BCUT2D eigenvalue weighted by Crippen LogP contribution is 2.04. The predicted octanol–water partition coefficient (Wildman–Crippen LogP) is -0.953. The van der Waals surface area contributed by atoms with Crippen molar-refractivity contribution in [1.29, 1.82) is 0 Å². The lowest BCUT2D eigenvalue weighted by Gasteiger charge is -2.03. The largest absolute Gasteiger partial charge is 0.364 e. The van der Waals surface area contributed by atoms with Crippen LogP contribution in [-0.4, -0.2) is 25.6 Å². The predicted molar refractivity (Wildman–Crippen MR) is 51.0 cm³/mol. The molecule has 1 heterocycles. The van der Waals surface area contributed by atoms with Gasteiger partial charge in [0.2, 0.25) is 0 Å². The number of hydrogen-bond acceptors (Lipinski definition) is 4. The summed E-state index contributed by atoms with van der Waals surface area (Å²) in [5.41, 5.74) is 4.57. The van der Waals surface area contributed by atoms with Crippen molar-refractivity contribution in [3.05, 3.63) is 29.6 Å². The first-order valence-electron chi connectivity index (χ1n) is 3.69. The van der Waals surface area contributed by atoms with Crippen molar-refractivity contribution in [2.24, 2.45) is 5.73 Å². The zero-order chi connectivity index (χ0) is 11.4. The Balaban J connectivity index is 3.08. The number of carbonyl (C=O) groups excluding carboxylic acids is 2. The standard InChI is InChI=1S/C7H7N3O4S/c8-6(11)5-4(2-1-3-9-5)7(12)10-15(13)14/h1-3H,(H2,8,11)(H,10,12)(H,13,14). The van der Waals surface area contributed by atoms with Crippen molar-refractivity contribution < 1.29 is 18.4 Å². The van der Waals surface area contributed by atoms with Gasteiger partial charge in [-0.15, -0.1) is 0 Å².